The molecule has 0 spiro atoms. The summed E-state index contributed by atoms with van der Waals surface area (Å²) in [6.07, 6.45) is 2.11. The van der Waals surface area contributed by atoms with Gasteiger partial charge >= 0.3 is 0 Å². The zero-order valence-electron chi connectivity index (χ0n) is 10.2. The summed E-state index contributed by atoms with van der Waals surface area (Å²) in [6, 6.07) is 4.45. The monoisotopic (exact) mass is 238 g/mol. The Labute approximate surface area is 101 Å². The summed E-state index contributed by atoms with van der Waals surface area (Å²) < 4.78 is 5.56. The highest BCUT2D eigenvalue weighted by Gasteiger charge is 2.12. The third kappa shape index (κ3) is 3.62. The van der Waals surface area contributed by atoms with Gasteiger partial charge in [0.25, 0.3) is 5.69 Å². The molecule has 5 nitrogen and oxygen atoms in total. The number of benzene rings is 1. The Kier molecular flexibility index (Phi) is 4.75. The lowest BCUT2D eigenvalue weighted by molar-refractivity contribution is -0.383. The molecule has 0 aliphatic carbocycles. The molecule has 5 heteroatoms. The van der Waals surface area contributed by atoms with Gasteiger partial charge in [0.15, 0.2) is 0 Å². The molecule has 0 bridgehead atoms. The van der Waals surface area contributed by atoms with E-state index < -0.39 is 4.92 Å². The highest BCUT2D eigenvalue weighted by molar-refractivity contribution is 5.60. The van der Waals surface area contributed by atoms with Crippen LogP contribution in [0.4, 0.5) is 11.4 Å². The second kappa shape index (κ2) is 6.08. The molecule has 0 saturated carbocycles. The number of nitrogens with zero attached hydrogens (tertiary/aromatic N) is 1. The second-order valence-corrected chi connectivity index (χ2v) is 3.97. The van der Waals surface area contributed by atoms with Crippen molar-refractivity contribution in [2.24, 2.45) is 5.92 Å². The van der Waals surface area contributed by atoms with E-state index in [0.717, 1.165) is 12.8 Å². The molecule has 0 saturated heterocycles. The van der Waals surface area contributed by atoms with E-state index in [1.807, 2.05) is 0 Å². The molecule has 0 aliphatic rings. The third-order valence-corrected chi connectivity index (χ3v) is 2.84. The lowest BCUT2D eigenvalue weighted by Crippen LogP contribution is -2.10. The van der Waals surface area contributed by atoms with Gasteiger partial charge in [0.2, 0.25) is 0 Å². The third-order valence-electron chi connectivity index (χ3n) is 2.84. The van der Waals surface area contributed by atoms with Gasteiger partial charge in [-0.1, -0.05) is 26.7 Å². The number of hydrogen-bond donors (Lipinski definition) is 1. The van der Waals surface area contributed by atoms with Crippen molar-refractivity contribution in [2.45, 2.75) is 26.7 Å². The Morgan fingerprint density at radius 2 is 2.06 bits per heavy atom. The summed E-state index contributed by atoms with van der Waals surface area (Å²) in [5, 5.41) is 10.6. The van der Waals surface area contributed by atoms with E-state index >= 15 is 0 Å². The Morgan fingerprint density at radius 3 is 2.53 bits per heavy atom. The average molecular weight is 238 g/mol. The van der Waals surface area contributed by atoms with Crippen LogP contribution in [0.25, 0.3) is 0 Å². The normalized spacial score (nSPS) is 10.5. The van der Waals surface area contributed by atoms with Gasteiger partial charge in [-0.15, -0.1) is 0 Å². The Hall–Kier alpha value is -1.78. The van der Waals surface area contributed by atoms with Gasteiger partial charge in [-0.05, 0) is 12.0 Å². The Morgan fingerprint density at radius 1 is 1.41 bits per heavy atom. The molecule has 2 N–H and O–H groups in total. The topological polar surface area (TPSA) is 78.4 Å². The molecule has 1 aromatic rings. The van der Waals surface area contributed by atoms with Crippen molar-refractivity contribution in [1.82, 2.24) is 0 Å². The van der Waals surface area contributed by atoms with Crippen LogP contribution in [-0.4, -0.2) is 11.5 Å². The van der Waals surface area contributed by atoms with Gasteiger partial charge in [-0.2, -0.15) is 0 Å². The molecule has 0 atom stereocenters. The van der Waals surface area contributed by atoms with Crippen LogP contribution >= 0.6 is 0 Å². The highest BCUT2D eigenvalue weighted by atomic mass is 16.6. The fourth-order valence-electron chi connectivity index (χ4n) is 1.53. The summed E-state index contributed by atoms with van der Waals surface area (Å²) >= 11 is 0. The predicted octanol–water partition coefficient (Wildman–Crippen LogP) is 2.99. The molecule has 0 fully saturated rings. The smallest absolute Gasteiger partial charge is 0.292 e. The van der Waals surface area contributed by atoms with Crippen LogP contribution in [-0.2, 0) is 0 Å². The maximum atomic E-state index is 10.6. The molecule has 0 radical (unpaired) electrons. The first kappa shape index (κ1) is 13.3. The summed E-state index contributed by atoms with van der Waals surface area (Å²) in [6.45, 7) is 4.84. The number of nitrogen functional groups attached to an aromatic ring is 1. The van der Waals surface area contributed by atoms with Crippen molar-refractivity contribution in [1.29, 1.82) is 0 Å². The van der Waals surface area contributed by atoms with E-state index in [9.17, 15) is 10.1 Å². The number of nitro groups is 1. The maximum absolute atomic E-state index is 10.6. The lowest BCUT2D eigenvalue weighted by atomic mass is 10.1. The van der Waals surface area contributed by atoms with Crippen LogP contribution in [0.5, 0.6) is 5.75 Å². The standard InChI is InChI=1S/C12H18N2O3/c1-3-9(4-2)8-17-10-5-6-12(14(15)16)11(13)7-10/h5-7,9H,3-4,8,13H2,1-2H3. The molecule has 1 rings (SSSR count). The van der Waals surface area contributed by atoms with Gasteiger partial charge < -0.3 is 10.5 Å². The molecular weight excluding hydrogens is 220 g/mol. The molecule has 0 heterocycles. The van der Waals surface area contributed by atoms with Crippen molar-refractivity contribution in [3.63, 3.8) is 0 Å². The molecule has 0 amide bonds. The van der Waals surface area contributed by atoms with Gasteiger partial charge in [-0.3, -0.25) is 10.1 Å². The molecule has 0 aliphatic heterocycles. The van der Waals surface area contributed by atoms with Crippen molar-refractivity contribution < 1.29 is 9.66 Å². The van der Waals surface area contributed by atoms with E-state index in [-0.39, 0.29) is 11.4 Å². The van der Waals surface area contributed by atoms with Crippen LogP contribution < -0.4 is 10.5 Å². The quantitative estimate of drug-likeness (QED) is 0.469. The molecular formula is C12H18N2O3. The minimum absolute atomic E-state index is 0.0834. The minimum atomic E-state index is -0.500. The van der Waals surface area contributed by atoms with Gasteiger partial charge in [-0.25, -0.2) is 0 Å². The van der Waals surface area contributed by atoms with E-state index in [1.54, 1.807) is 6.07 Å². The van der Waals surface area contributed by atoms with E-state index in [4.69, 9.17) is 10.5 Å². The van der Waals surface area contributed by atoms with Gasteiger partial charge in [0.05, 0.1) is 11.5 Å². The largest absolute Gasteiger partial charge is 0.493 e. The number of anilines is 1. The molecule has 0 unspecified atom stereocenters. The number of hydrogen-bond acceptors (Lipinski definition) is 4. The Balaban J connectivity index is 2.67. The van der Waals surface area contributed by atoms with Crippen molar-refractivity contribution >= 4 is 11.4 Å². The zero-order chi connectivity index (χ0) is 12.8. The van der Waals surface area contributed by atoms with Gasteiger partial charge in [0, 0.05) is 12.1 Å². The summed E-state index contributed by atoms with van der Waals surface area (Å²) in [5.41, 5.74) is 5.62. The average Bonchev–Trinajstić information content (AvgIpc) is 2.30. The number of ether oxygens (including phenoxy) is 1. The van der Waals surface area contributed by atoms with Crippen LogP contribution in [0.2, 0.25) is 0 Å². The van der Waals surface area contributed by atoms with Crippen LogP contribution in [0.3, 0.4) is 0 Å². The molecule has 1 aromatic carbocycles. The highest BCUT2D eigenvalue weighted by Crippen LogP contribution is 2.26. The summed E-state index contributed by atoms with van der Waals surface area (Å²) in [4.78, 5) is 10.1. The Bertz CT molecular complexity index is 389. The lowest BCUT2D eigenvalue weighted by Gasteiger charge is -2.13. The first-order chi connectivity index (χ1) is 8.08. The van der Waals surface area contributed by atoms with E-state index in [1.165, 1.54) is 12.1 Å². The molecule has 94 valence electrons. The molecule has 17 heavy (non-hydrogen) atoms. The fraction of sp³-hybridized carbons (Fsp3) is 0.500. The number of rotatable bonds is 6. The van der Waals surface area contributed by atoms with E-state index in [0.29, 0.717) is 18.3 Å². The van der Waals surface area contributed by atoms with Crippen molar-refractivity contribution in [3.05, 3.63) is 28.3 Å². The fourth-order valence-corrected chi connectivity index (χ4v) is 1.53. The second-order valence-electron chi connectivity index (χ2n) is 3.97. The van der Waals surface area contributed by atoms with Gasteiger partial charge in [0.1, 0.15) is 11.4 Å². The first-order valence-corrected chi connectivity index (χ1v) is 5.75. The zero-order valence-corrected chi connectivity index (χ0v) is 10.2. The van der Waals surface area contributed by atoms with E-state index in [2.05, 4.69) is 13.8 Å². The summed E-state index contributed by atoms with van der Waals surface area (Å²) in [5.74, 6) is 1.09. The molecule has 0 aromatic heterocycles. The summed E-state index contributed by atoms with van der Waals surface area (Å²) in [7, 11) is 0. The van der Waals surface area contributed by atoms with Crippen LogP contribution in [0.1, 0.15) is 26.7 Å². The predicted molar refractivity (Wildman–Crippen MR) is 67.1 cm³/mol. The number of nitro benzene ring substituents is 1. The van der Waals surface area contributed by atoms with Crippen LogP contribution in [0, 0.1) is 16.0 Å². The maximum Gasteiger partial charge on any atom is 0.292 e. The first-order valence-electron chi connectivity index (χ1n) is 5.75. The minimum Gasteiger partial charge on any atom is -0.493 e. The van der Waals surface area contributed by atoms with Crippen molar-refractivity contribution in [2.75, 3.05) is 12.3 Å². The van der Waals surface area contributed by atoms with Crippen molar-refractivity contribution in [3.8, 4) is 5.75 Å². The SMILES string of the molecule is CCC(CC)COc1ccc([N+](=O)[O-])c(N)c1. The number of nitrogens with two attached hydrogens (primary N) is 1. The van der Waals surface area contributed by atoms with Crippen LogP contribution in [0.15, 0.2) is 18.2 Å².